The molecule has 18 heavy (non-hydrogen) atoms. The molecule has 0 saturated heterocycles. The molecular weight excluding hydrogens is 226 g/mol. The van der Waals surface area contributed by atoms with Gasteiger partial charge in [0, 0.05) is 25.1 Å². The Kier molecular flexibility index (Phi) is 2.59. The number of hydrogen-bond acceptors (Lipinski definition) is 2. The molecule has 0 radical (unpaired) electrons. The van der Waals surface area contributed by atoms with Crippen LogP contribution < -0.4 is 0 Å². The Balaban J connectivity index is 2.12. The van der Waals surface area contributed by atoms with Gasteiger partial charge in [-0.15, -0.1) is 0 Å². The summed E-state index contributed by atoms with van der Waals surface area (Å²) >= 11 is 0. The second kappa shape index (κ2) is 4.26. The SMILES string of the molecule is O=CCCN1Cc2cccc3cccc(c23)C1=O. The first-order valence-corrected chi connectivity index (χ1v) is 6.05. The second-order valence-electron chi connectivity index (χ2n) is 4.50. The third-order valence-corrected chi connectivity index (χ3v) is 3.39. The first-order chi connectivity index (χ1) is 8.81. The molecule has 3 nitrogen and oxygen atoms in total. The summed E-state index contributed by atoms with van der Waals surface area (Å²) in [4.78, 5) is 24.5. The maximum absolute atomic E-state index is 12.3. The lowest BCUT2D eigenvalue weighted by Crippen LogP contribution is -2.34. The summed E-state index contributed by atoms with van der Waals surface area (Å²) in [6.45, 7) is 1.09. The molecule has 0 unspecified atom stereocenters. The molecule has 0 spiro atoms. The van der Waals surface area contributed by atoms with Gasteiger partial charge in [-0.3, -0.25) is 4.79 Å². The van der Waals surface area contributed by atoms with Gasteiger partial charge in [0.1, 0.15) is 6.29 Å². The number of hydrogen-bond donors (Lipinski definition) is 0. The molecule has 2 aromatic rings. The minimum Gasteiger partial charge on any atom is -0.334 e. The Morgan fingerprint density at radius 2 is 1.94 bits per heavy atom. The van der Waals surface area contributed by atoms with E-state index in [0.29, 0.717) is 19.5 Å². The van der Waals surface area contributed by atoms with E-state index in [1.165, 1.54) is 0 Å². The molecular formula is C15H13NO2. The third-order valence-electron chi connectivity index (χ3n) is 3.39. The van der Waals surface area contributed by atoms with Gasteiger partial charge in [0.05, 0.1) is 0 Å². The third kappa shape index (κ3) is 1.59. The minimum absolute atomic E-state index is 0.0288. The summed E-state index contributed by atoms with van der Waals surface area (Å²) in [5.74, 6) is 0.0288. The van der Waals surface area contributed by atoms with Gasteiger partial charge >= 0.3 is 0 Å². The van der Waals surface area contributed by atoms with Gasteiger partial charge in [-0.05, 0) is 22.4 Å². The molecule has 0 aliphatic carbocycles. The van der Waals surface area contributed by atoms with Crippen molar-refractivity contribution in [3.63, 3.8) is 0 Å². The lowest BCUT2D eigenvalue weighted by molar-refractivity contribution is -0.108. The van der Waals surface area contributed by atoms with Gasteiger partial charge in [0.25, 0.3) is 5.91 Å². The largest absolute Gasteiger partial charge is 0.334 e. The number of amides is 1. The predicted octanol–water partition coefficient (Wildman–Crippen LogP) is 2.38. The summed E-state index contributed by atoms with van der Waals surface area (Å²) in [6, 6.07) is 11.9. The summed E-state index contributed by atoms with van der Waals surface area (Å²) in [5, 5.41) is 2.17. The van der Waals surface area contributed by atoms with Crippen molar-refractivity contribution in [2.45, 2.75) is 13.0 Å². The van der Waals surface area contributed by atoms with Crippen LogP contribution in [0, 0.1) is 0 Å². The standard InChI is InChI=1S/C15H13NO2/c17-9-3-8-16-10-12-6-1-4-11-5-2-7-13(14(11)12)15(16)18/h1-2,4-7,9H,3,8,10H2. The molecule has 0 aromatic heterocycles. The van der Waals surface area contributed by atoms with Gasteiger partial charge in [0.15, 0.2) is 0 Å². The molecule has 0 fully saturated rings. The van der Waals surface area contributed by atoms with E-state index in [1.807, 2.05) is 36.4 Å². The Hall–Kier alpha value is -2.16. The minimum atomic E-state index is 0.0288. The molecule has 1 heterocycles. The van der Waals surface area contributed by atoms with E-state index < -0.39 is 0 Å². The summed E-state index contributed by atoms with van der Waals surface area (Å²) in [6.07, 6.45) is 1.25. The van der Waals surface area contributed by atoms with Gasteiger partial charge in [-0.1, -0.05) is 30.3 Å². The molecule has 0 saturated carbocycles. The van der Waals surface area contributed by atoms with Crippen molar-refractivity contribution in [1.29, 1.82) is 0 Å². The van der Waals surface area contributed by atoms with E-state index in [9.17, 15) is 9.59 Å². The van der Waals surface area contributed by atoms with Crippen molar-refractivity contribution >= 4 is 23.0 Å². The molecule has 0 atom stereocenters. The monoisotopic (exact) mass is 239 g/mol. The fraction of sp³-hybridized carbons (Fsp3) is 0.200. The fourth-order valence-corrected chi connectivity index (χ4v) is 2.57. The number of rotatable bonds is 3. The lowest BCUT2D eigenvalue weighted by atomic mass is 9.94. The van der Waals surface area contributed by atoms with Crippen LogP contribution in [0.2, 0.25) is 0 Å². The molecule has 1 aliphatic heterocycles. The number of carbonyl (C=O) groups is 2. The Bertz CT molecular complexity index is 628. The van der Waals surface area contributed by atoms with Gasteiger partial charge in [0.2, 0.25) is 0 Å². The zero-order valence-corrected chi connectivity index (χ0v) is 9.93. The highest BCUT2D eigenvalue weighted by Gasteiger charge is 2.24. The second-order valence-corrected chi connectivity index (χ2v) is 4.50. The quantitative estimate of drug-likeness (QED) is 0.771. The van der Waals surface area contributed by atoms with Crippen LogP contribution in [0.5, 0.6) is 0 Å². The van der Waals surface area contributed by atoms with Gasteiger partial charge in [-0.2, -0.15) is 0 Å². The fourth-order valence-electron chi connectivity index (χ4n) is 2.57. The lowest BCUT2D eigenvalue weighted by Gasteiger charge is -2.28. The van der Waals surface area contributed by atoms with Crippen molar-refractivity contribution in [1.82, 2.24) is 4.90 Å². The summed E-state index contributed by atoms with van der Waals surface area (Å²) in [5.41, 5.74) is 1.91. The highest BCUT2D eigenvalue weighted by molar-refractivity contribution is 6.10. The molecule has 3 rings (SSSR count). The number of carbonyl (C=O) groups excluding carboxylic acids is 2. The molecule has 2 aromatic carbocycles. The number of aldehydes is 1. The number of nitrogens with zero attached hydrogens (tertiary/aromatic N) is 1. The van der Waals surface area contributed by atoms with E-state index in [1.54, 1.807) is 4.90 Å². The zero-order chi connectivity index (χ0) is 12.5. The van der Waals surface area contributed by atoms with Crippen LogP contribution in [0.4, 0.5) is 0 Å². The van der Waals surface area contributed by atoms with Crippen molar-refractivity contribution < 1.29 is 9.59 Å². The first-order valence-electron chi connectivity index (χ1n) is 6.05. The molecule has 3 heteroatoms. The maximum Gasteiger partial charge on any atom is 0.254 e. The van der Waals surface area contributed by atoms with E-state index in [-0.39, 0.29) is 5.91 Å². The van der Waals surface area contributed by atoms with Crippen LogP contribution in [0.1, 0.15) is 22.3 Å². The Labute approximate surface area is 105 Å². The van der Waals surface area contributed by atoms with Crippen molar-refractivity contribution in [3.8, 4) is 0 Å². The first kappa shape index (κ1) is 11.0. The van der Waals surface area contributed by atoms with Crippen molar-refractivity contribution in [2.24, 2.45) is 0 Å². The van der Waals surface area contributed by atoms with Crippen LogP contribution in [-0.2, 0) is 11.3 Å². The maximum atomic E-state index is 12.3. The highest BCUT2D eigenvalue weighted by atomic mass is 16.2. The van der Waals surface area contributed by atoms with E-state index in [2.05, 4.69) is 0 Å². The van der Waals surface area contributed by atoms with Crippen LogP contribution in [0.3, 0.4) is 0 Å². The molecule has 0 N–H and O–H groups in total. The summed E-state index contributed by atoms with van der Waals surface area (Å²) < 4.78 is 0. The topological polar surface area (TPSA) is 37.4 Å². The molecule has 90 valence electrons. The Morgan fingerprint density at radius 3 is 2.72 bits per heavy atom. The summed E-state index contributed by atoms with van der Waals surface area (Å²) in [7, 11) is 0. The average molecular weight is 239 g/mol. The highest BCUT2D eigenvalue weighted by Crippen LogP contribution is 2.29. The smallest absolute Gasteiger partial charge is 0.254 e. The average Bonchev–Trinajstić information content (AvgIpc) is 2.41. The van der Waals surface area contributed by atoms with Gasteiger partial charge < -0.3 is 9.69 Å². The van der Waals surface area contributed by atoms with Crippen LogP contribution in [0.25, 0.3) is 10.8 Å². The van der Waals surface area contributed by atoms with Crippen molar-refractivity contribution in [2.75, 3.05) is 6.54 Å². The van der Waals surface area contributed by atoms with Crippen LogP contribution >= 0.6 is 0 Å². The normalized spacial score (nSPS) is 14.0. The van der Waals surface area contributed by atoms with E-state index in [0.717, 1.165) is 28.2 Å². The van der Waals surface area contributed by atoms with Crippen molar-refractivity contribution in [3.05, 3.63) is 47.5 Å². The van der Waals surface area contributed by atoms with E-state index >= 15 is 0 Å². The van der Waals surface area contributed by atoms with Gasteiger partial charge in [-0.25, -0.2) is 0 Å². The molecule has 1 amide bonds. The Morgan fingerprint density at radius 1 is 1.17 bits per heavy atom. The predicted molar refractivity (Wildman–Crippen MR) is 69.4 cm³/mol. The van der Waals surface area contributed by atoms with Crippen LogP contribution in [0.15, 0.2) is 36.4 Å². The zero-order valence-electron chi connectivity index (χ0n) is 9.93. The molecule has 1 aliphatic rings. The number of benzene rings is 2. The molecule has 0 bridgehead atoms. The van der Waals surface area contributed by atoms with Crippen LogP contribution in [-0.4, -0.2) is 23.6 Å². The van der Waals surface area contributed by atoms with E-state index in [4.69, 9.17) is 0 Å².